The average Bonchev–Trinajstić information content (AvgIpc) is 3.66. The second-order valence-electron chi connectivity index (χ2n) is 15.7. The number of benzene rings is 6. The molecule has 6 aromatic carbocycles. The lowest BCUT2D eigenvalue weighted by Crippen LogP contribution is -2.23. The normalized spacial score (nSPS) is 14.6. The van der Waals surface area contributed by atoms with Crippen molar-refractivity contribution >= 4 is 50.0 Å². The molecule has 0 saturated heterocycles. The van der Waals surface area contributed by atoms with Gasteiger partial charge in [0.25, 0.3) is 0 Å². The summed E-state index contributed by atoms with van der Waals surface area (Å²) in [6, 6.07) is 48.5. The molecular formula is C55H60N3+. The number of rotatable bonds is 15. The number of unbranched alkanes of at least 4 members (excludes halogenated alkanes) is 2. The maximum atomic E-state index is 2.53. The first-order chi connectivity index (χ1) is 28.4. The fourth-order valence-corrected chi connectivity index (χ4v) is 8.53. The van der Waals surface area contributed by atoms with Gasteiger partial charge in [-0.25, -0.2) is 0 Å². The maximum Gasteiger partial charge on any atom is 0.208 e. The van der Waals surface area contributed by atoms with Gasteiger partial charge in [-0.1, -0.05) is 130 Å². The van der Waals surface area contributed by atoms with E-state index in [1.54, 1.807) is 0 Å². The second-order valence-corrected chi connectivity index (χ2v) is 15.7. The van der Waals surface area contributed by atoms with Gasteiger partial charge in [-0.3, -0.25) is 0 Å². The third-order valence-electron chi connectivity index (χ3n) is 11.8. The summed E-state index contributed by atoms with van der Waals surface area (Å²) < 4.78 is 2.53. The van der Waals surface area contributed by atoms with Crippen LogP contribution in [0.15, 0.2) is 180 Å². The first kappa shape index (κ1) is 40.3. The van der Waals surface area contributed by atoms with Gasteiger partial charge < -0.3 is 9.80 Å². The molecule has 58 heavy (non-hydrogen) atoms. The molecule has 0 heterocycles. The molecule has 0 radical (unpaired) electrons. The zero-order valence-electron chi connectivity index (χ0n) is 35.5. The summed E-state index contributed by atoms with van der Waals surface area (Å²) in [5, 5.41) is 5.23. The molecule has 0 unspecified atom stereocenters. The van der Waals surface area contributed by atoms with Crippen molar-refractivity contribution in [2.24, 2.45) is 0 Å². The van der Waals surface area contributed by atoms with Crippen molar-refractivity contribution in [3.05, 3.63) is 191 Å². The van der Waals surface area contributed by atoms with Crippen molar-refractivity contribution in [1.29, 1.82) is 0 Å². The van der Waals surface area contributed by atoms with Crippen LogP contribution in [0, 0.1) is 13.8 Å². The minimum atomic E-state index is 0.974. The highest BCUT2D eigenvalue weighted by Crippen LogP contribution is 2.42. The lowest BCUT2D eigenvalue weighted by Gasteiger charge is -2.29. The summed E-state index contributed by atoms with van der Waals surface area (Å²) in [6.07, 6.45) is 16.1. The van der Waals surface area contributed by atoms with E-state index in [1.165, 1.54) is 72.3 Å². The molecule has 0 N–H and O–H groups in total. The summed E-state index contributed by atoms with van der Waals surface area (Å²) in [6.45, 7) is 15.7. The Bertz CT molecular complexity index is 2480. The SMILES string of the molecule is CCCCN(/C(C)=C/C=C1\CCC(/C=C/C(C)=[N+](\CCCC)c2ccc3ccccc3c2C)=C1N(c1ccccc1)c1ccccc1)c1ccc2ccccc2c1C. The van der Waals surface area contributed by atoms with Gasteiger partial charge in [0.1, 0.15) is 6.54 Å². The van der Waals surface area contributed by atoms with Gasteiger partial charge in [-0.05, 0) is 121 Å². The Morgan fingerprint density at radius 1 is 0.638 bits per heavy atom. The van der Waals surface area contributed by atoms with E-state index in [-0.39, 0.29) is 0 Å². The number of hydrogen-bond acceptors (Lipinski definition) is 2. The fraction of sp³-hybridized carbons (Fsp3) is 0.255. The number of nitrogens with zero attached hydrogens (tertiary/aromatic N) is 3. The zero-order valence-corrected chi connectivity index (χ0v) is 35.5. The van der Waals surface area contributed by atoms with Crippen LogP contribution < -0.4 is 9.80 Å². The van der Waals surface area contributed by atoms with Crippen LogP contribution in [0.25, 0.3) is 21.5 Å². The van der Waals surface area contributed by atoms with Crippen molar-refractivity contribution in [3.8, 4) is 0 Å². The summed E-state index contributed by atoms with van der Waals surface area (Å²) in [5.74, 6) is 0. The minimum absolute atomic E-state index is 0.974. The molecule has 3 heteroatoms. The Labute approximate surface area is 347 Å². The molecule has 0 atom stereocenters. The van der Waals surface area contributed by atoms with Gasteiger partial charge in [0.15, 0.2) is 5.71 Å². The molecule has 1 aliphatic rings. The van der Waals surface area contributed by atoms with Gasteiger partial charge in [0.2, 0.25) is 5.69 Å². The van der Waals surface area contributed by atoms with E-state index in [4.69, 9.17) is 0 Å². The Morgan fingerprint density at radius 3 is 1.86 bits per heavy atom. The first-order valence-electron chi connectivity index (χ1n) is 21.4. The van der Waals surface area contributed by atoms with Gasteiger partial charge in [0.05, 0.1) is 5.70 Å². The van der Waals surface area contributed by atoms with Gasteiger partial charge in [0, 0.05) is 60.4 Å². The molecule has 0 fully saturated rings. The summed E-state index contributed by atoms with van der Waals surface area (Å²) in [5.41, 5.74) is 14.1. The lowest BCUT2D eigenvalue weighted by atomic mass is 10.0. The smallest absolute Gasteiger partial charge is 0.208 e. The largest absolute Gasteiger partial charge is 0.345 e. The Kier molecular flexibility index (Phi) is 13.2. The standard InChI is InChI=1S/C55H60N3/c1-7-9-39-56(53-37-35-45-21-17-19-27-51(45)43(53)5)41(3)29-31-47-33-34-48(55(47)58(49-23-13-11-14-24-49)50-25-15-12-16-26-50)32-30-42(4)57(40-10-8-2)54-38-36-46-22-18-20-28-52(46)44(54)6/h11-32,35-38H,7-10,33-34,39-40H2,1-6H3/q+1. The van der Waals surface area contributed by atoms with E-state index in [0.717, 1.165) is 63.0 Å². The van der Waals surface area contributed by atoms with Crippen molar-refractivity contribution in [2.45, 2.75) is 80.1 Å². The number of allylic oxidation sites excluding steroid dienone is 7. The Hall–Kier alpha value is -5.93. The molecular weight excluding hydrogens is 703 g/mol. The topological polar surface area (TPSA) is 9.49 Å². The third kappa shape index (κ3) is 8.80. The molecule has 6 aromatic rings. The van der Waals surface area contributed by atoms with Gasteiger partial charge >= 0.3 is 0 Å². The highest BCUT2D eigenvalue weighted by Gasteiger charge is 2.26. The molecule has 0 aliphatic heterocycles. The van der Waals surface area contributed by atoms with Crippen LogP contribution in [0.3, 0.4) is 0 Å². The van der Waals surface area contributed by atoms with E-state index in [1.807, 2.05) is 0 Å². The summed E-state index contributed by atoms with van der Waals surface area (Å²) in [4.78, 5) is 5.01. The molecule has 0 bridgehead atoms. The molecule has 294 valence electrons. The number of para-hydroxylation sites is 2. The first-order valence-corrected chi connectivity index (χ1v) is 21.4. The zero-order chi connectivity index (χ0) is 40.4. The minimum Gasteiger partial charge on any atom is -0.345 e. The molecule has 3 nitrogen and oxygen atoms in total. The molecule has 0 aromatic heterocycles. The van der Waals surface area contributed by atoms with Crippen molar-refractivity contribution in [1.82, 2.24) is 0 Å². The monoisotopic (exact) mass is 762 g/mol. The fourth-order valence-electron chi connectivity index (χ4n) is 8.53. The molecule has 1 aliphatic carbocycles. The quantitative estimate of drug-likeness (QED) is 0.0761. The number of anilines is 3. The Balaban J connectivity index is 1.35. The Morgan fingerprint density at radius 2 is 1.22 bits per heavy atom. The summed E-state index contributed by atoms with van der Waals surface area (Å²) in [7, 11) is 0. The van der Waals surface area contributed by atoms with Crippen LogP contribution >= 0.6 is 0 Å². The second kappa shape index (κ2) is 19.0. The van der Waals surface area contributed by atoms with Crippen LogP contribution in [-0.2, 0) is 0 Å². The molecule has 7 rings (SSSR count). The van der Waals surface area contributed by atoms with Crippen LogP contribution in [0.4, 0.5) is 22.7 Å². The van der Waals surface area contributed by atoms with Crippen LogP contribution in [0.1, 0.15) is 77.3 Å². The van der Waals surface area contributed by atoms with Crippen LogP contribution in [0.2, 0.25) is 0 Å². The molecule has 0 spiro atoms. The van der Waals surface area contributed by atoms with Gasteiger partial charge in [-0.15, -0.1) is 0 Å². The van der Waals surface area contributed by atoms with Crippen molar-refractivity contribution in [3.63, 3.8) is 0 Å². The van der Waals surface area contributed by atoms with Crippen molar-refractivity contribution < 1.29 is 4.58 Å². The predicted molar refractivity (Wildman–Crippen MR) is 252 cm³/mol. The van der Waals surface area contributed by atoms with E-state index >= 15 is 0 Å². The van der Waals surface area contributed by atoms with Crippen LogP contribution in [-0.4, -0.2) is 23.4 Å². The predicted octanol–water partition coefficient (Wildman–Crippen LogP) is 15.1. The maximum absolute atomic E-state index is 2.53. The number of aryl methyl sites for hydroxylation is 2. The van der Waals surface area contributed by atoms with Crippen molar-refractivity contribution in [2.75, 3.05) is 22.9 Å². The van der Waals surface area contributed by atoms with E-state index in [2.05, 4.69) is 214 Å². The van der Waals surface area contributed by atoms with Crippen LogP contribution in [0.5, 0.6) is 0 Å². The van der Waals surface area contributed by atoms with Gasteiger partial charge in [-0.2, -0.15) is 4.58 Å². The highest BCUT2D eigenvalue weighted by atomic mass is 15.2. The lowest BCUT2D eigenvalue weighted by molar-refractivity contribution is -0.441. The average molecular weight is 763 g/mol. The van der Waals surface area contributed by atoms with E-state index in [9.17, 15) is 0 Å². The number of fused-ring (bicyclic) bond motifs is 2. The highest BCUT2D eigenvalue weighted by molar-refractivity contribution is 5.93. The molecule has 0 amide bonds. The summed E-state index contributed by atoms with van der Waals surface area (Å²) >= 11 is 0. The number of hydrogen-bond donors (Lipinski definition) is 0. The molecule has 0 saturated carbocycles. The van der Waals surface area contributed by atoms with E-state index in [0.29, 0.717) is 0 Å². The van der Waals surface area contributed by atoms with E-state index < -0.39 is 0 Å². The third-order valence-corrected chi connectivity index (χ3v) is 11.8.